The van der Waals surface area contributed by atoms with Crippen molar-refractivity contribution >= 4 is 11.0 Å². The van der Waals surface area contributed by atoms with Crippen LogP contribution in [0.2, 0.25) is 0 Å². The zero-order valence-electron chi connectivity index (χ0n) is 13.9. The van der Waals surface area contributed by atoms with Crippen LogP contribution in [0, 0.1) is 0 Å². The topological polar surface area (TPSA) is 44.3 Å². The van der Waals surface area contributed by atoms with Crippen LogP contribution in [0.1, 0.15) is 32.2 Å². The Morgan fingerprint density at radius 3 is 2.57 bits per heavy atom. The molecule has 1 aromatic heterocycles. The highest BCUT2D eigenvalue weighted by atomic mass is 16.1. The van der Waals surface area contributed by atoms with E-state index in [1.54, 1.807) is 0 Å². The lowest BCUT2D eigenvalue weighted by atomic mass is 10.0. The van der Waals surface area contributed by atoms with Gasteiger partial charge in [-0.2, -0.15) is 0 Å². The fourth-order valence-electron chi connectivity index (χ4n) is 4.34. The molecule has 2 saturated heterocycles. The quantitative estimate of drug-likeness (QED) is 0.943. The second-order valence-electron chi connectivity index (χ2n) is 6.92. The van der Waals surface area contributed by atoms with Crippen LogP contribution in [0.3, 0.4) is 0 Å². The SMILES string of the molecule is CCN1CC[C@H](N2CCC(n3c(=O)[nH]c4ccccc43)CC2)C1. The van der Waals surface area contributed by atoms with E-state index in [1.165, 1.54) is 19.5 Å². The molecule has 0 radical (unpaired) electrons. The molecule has 5 heteroatoms. The molecule has 1 atom stereocenters. The number of aromatic amines is 1. The Kier molecular flexibility index (Phi) is 3.99. The summed E-state index contributed by atoms with van der Waals surface area (Å²) in [5.41, 5.74) is 2.05. The maximum atomic E-state index is 12.3. The largest absolute Gasteiger partial charge is 0.326 e. The van der Waals surface area contributed by atoms with Crippen LogP contribution in [-0.2, 0) is 0 Å². The van der Waals surface area contributed by atoms with Gasteiger partial charge in [-0.05, 0) is 44.5 Å². The molecule has 0 bridgehead atoms. The monoisotopic (exact) mass is 314 g/mol. The molecule has 0 saturated carbocycles. The van der Waals surface area contributed by atoms with E-state index in [-0.39, 0.29) is 5.69 Å². The van der Waals surface area contributed by atoms with Crippen molar-refractivity contribution in [1.29, 1.82) is 0 Å². The molecule has 0 amide bonds. The molecule has 2 aliphatic heterocycles. The summed E-state index contributed by atoms with van der Waals surface area (Å²) in [7, 11) is 0. The number of piperidine rings is 1. The molecule has 0 unspecified atom stereocenters. The van der Waals surface area contributed by atoms with E-state index >= 15 is 0 Å². The van der Waals surface area contributed by atoms with Crippen molar-refractivity contribution in [3.05, 3.63) is 34.7 Å². The van der Waals surface area contributed by atoms with Crippen molar-refractivity contribution in [3.63, 3.8) is 0 Å². The van der Waals surface area contributed by atoms with Crippen molar-refractivity contribution in [3.8, 4) is 0 Å². The van der Waals surface area contributed by atoms with Gasteiger partial charge in [0.25, 0.3) is 0 Å². The van der Waals surface area contributed by atoms with Gasteiger partial charge in [0.05, 0.1) is 11.0 Å². The number of fused-ring (bicyclic) bond motifs is 1. The highest BCUT2D eigenvalue weighted by molar-refractivity contribution is 5.75. The lowest BCUT2D eigenvalue weighted by molar-refractivity contribution is 0.136. The zero-order chi connectivity index (χ0) is 15.8. The van der Waals surface area contributed by atoms with E-state index in [2.05, 4.69) is 27.8 Å². The number of imidazole rings is 1. The minimum Gasteiger partial charge on any atom is -0.306 e. The summed E-state index contributed by atoms with van der Waals surface area (Å²) in [4.78, 5) is 20.5. The van der Waals surface area contributed by atoms with Crippen molar-refractivity contribution in [2.24, 2.45) is 0 Å². The summed E-state index contributed by atoms with van der Waals surface area (Å²) in [5, 5.41) is 0. The van der Waals surface area contributed by atoms with Crippen LogP contribution in [0.5, 0.6) is 0 Å². The molecule has 5 nitrogen and oxygen atoms in total. The number of benzene rings is 1. The first-order valence-corrected chi connectivity index (χ1v) is 8.92. The highest BCUT2D eigenvalue weighted by Crippen LogP contribution is 2.27. The summed E-state index contributed by atoms with van der Waals surface area (Å²) in [6.45, 7) is 8.09. The van der Waals surface area contributed by atoms with Gasteiger partial charge in [-0.15, -0.1) is 0 Å². The molecule has 124 valence electrons. The first-order valence-electron chi connectivity index (χ1n) is 8.92. The molecule has 2 aromatic rings. The fraction of sp³-hybridized carbons (Fsp3) is 0.611. The first-order chi connectivity index (χ1) is 11.3. The van der Waals surface area contributed by atoms with Gasteiger partial charge >= 0.3 is 5.69 Å². The minimum absolute atomic E-state index is 0.0441. The van der Waals surface area contributed by atoms with Gasteiger partial charge in [0.1, 0.15) is 0 Å². The Bertz CT molecular complexity index is 726. The van der Waals surface area contributed by atoms with E-state index < -0.39 is 0 Å². The number of H-pyrrole nitrogens is 1. The number of para-hydroxylation sites is 2. The Hall–Kier alpha value is -1.59. The van der Waals surface area contributed by atoms with Crippen LogP contribution < -0.4 is 5.69 Å². The van der Waals surface area contributed by atoms with E-state index in [0.29, 0.717) is 6.04 Å². The van der Waals surface area contributed by atoms with Gasteiger partial charge in [-0.1, -0.05) is 19.1 Å². The van der Waals surface area contributed by atoms with Gasteiger partial charge in [-0.3, -0.25) is 9.47 Å². The molecular formula is C18H26N4O. The number of nitrogens with zero attached hydrogens (tertiary/aromatic N) is 3. The smallest absolute Gasteiger partial charge is 0.306 e. The summed E-state index contributed by atoms with van der Waals surface area (Å²) in [6.07, 6.45) is 3.44. The van der Waals surface area contributed by atoms with Gasteiger partial charge in [-0.25, -0.2) is 4.79 Å². The average Bonchev–Trinajstić information content (AvgIpc) is 3.18. The maximum absolute atomic E-state index is 12.3. The van der Waals surface area contributed by atoms with Crippen LogP contribution >= 0.6 is 0 Å². The molecule has 2 fully saturated rings. The molecule has 4 rings (SSSR count). The third-order valence-electron chi connectivity index (χ3n) is 5.70. The molecule has 0 aliphatic carbocycles. The van der Waals surface area contributed by atoms with E-state index in [0.717, 1.165) is 49.6 Å². The highest BCUT2D eigenvalue weighted by Gasteiger charge is 2.31. The van der Waals surface area contributed by atoms with Crippen molar-refractivity contribution in [1.82, 2.24) is 19.4 Å². The van der Waals surface area contributed by atoms with Crippen molar-refractivity contribution in [2.75, 3.05) is 32.7 Å². The predicted molar refractivity (Wildman–Crippen MR) is 92.9 cm³/mol. The molecule has 3 heterocycles. The minimum atomic E-state index is 0.0441. The number of likely N-dealkylation sites (N-methyl/N-ethyl adjacent to an activating group) is 1. The molecule has 2 aliphatic rings. The van der Waals surface area contributed by atoms with Gasteiger partial charge < -0.3 is 9.88 Å². The number of nitrogens with one attached hydrogen (secondary N) is 1. The van der Waals surface area contributed by atoms with Gasteiger partial charge in [0.2, 0.25) is 0 Å². The van der Waals surface area contributed by atoms with E-state index in [1.807, 2.05) is 22.8 Å². The second kappa shape index (κ2) is 6.13. The van der Waals surface area contributed by atoms with Gasteiger partial charge in [0.15, 0.2) is 0 Å². The van der Waals surface area contributed by atoms with Gasteiger partial charge in [0, 0.05) is 31.7 Å². The normalized spacial score (nSPS) is 24.7. The van der Waals surface area contributed by atoms with E-state index in [4.69, 9.17) is 0 Å². The lowest BCUT2D eigenvalue weighted by Gasteiger charge is -2.36. The van der Waals surface area contributed by atoms with Crippen LogP contribution in [-0.4, -0.2) is 58.1 Å². The third kappa shape index (κ3) is 2.72. The third-order valence-corrected chi connectivity index (χ3v) is 5.70. The molecule has 1 aromatic carbocycles. The molecular weight excluding hydrogens is 288 g/mol. The number of hydrogen-bond acceptors (Lipinski definition) is 3. The Balaban J connectivity index is 1.47. The van der Waals surface area contributed by atoms with Crippen molar-refractivity contribution in [2.45, 2.75) is 38.3 Å². The zero-order valence-corrected chi connectivity index (χ0v) is 13.9. The first kappa shape index (κ1) is 15.0. The summed E-state index contributed by atoms with van der Waals surface area (Å²) >= 11 is 0. The number of hydrogen-bond donors (Lipinski definition) is 1. The maximum Gasteiger partial charge on any atom is 0.326 e. The van der Waals surface area contributed by atoms with Crippen molar-refractivity contribution < 1.29 is 0 Å². The van der Waals surface area contributed by atoms with Crippen LogP contribution in [0.25, 0.3) is 11.0 Å². The number of rotatable bonds is 3. The average molecular weight is 314 g/mol. The van der Waals surface area contributed by atoms with Crippen LogP contribution in [0.15, 0.2) is 29.1 Å². The molecule has 23 heavy (non-hydrogen) atoms. The van der Waals surface area contributed by atoms with Crippen LogP contribution in [0.4, 0.5) is 0 Å². The van der Waals surface area contributed by atoms with E-state index in [9.17, 15) is 4.79 Å². The number of aromatic nitrogens is 2. The summed E-state index contributed by atoms with van der Waals surface area (Å²) < 4.78 is 1.99. The standard InChI is InChI=1S/C18H26N4O/c1-2-20-10-7-15(13-20)21-11-8-14(9-12-21)22-17-6-4-3-5-16(17)19-18(22)23/h3-6,14-15H,2,7-13H2,1H3,(H,19,23)/t15-/m0/s1. The lowest BCUT2D eigenvalue weighted by Crippen LogP contribution is -2.44. The fourth-order valence-corrected chi connectivity index (χ4v) is 4.34. The predicted octanol–water partition coefficient (Wildman–Crippen LogP) is 2.06. The molecule has 0 spiro atoms. The summed E-state index contributed by atoms with van der Waals surface area (Å²) in [5.74, 6) is 0. The Morgan fingerprint density at radius 2 is 1.83 bits per heavy atom. The number of likely N-dealkylation sites (tertiary alicyclic amines) is 2. The Morgan fingerprint density at radius 1 is 1.09 bits per heavy atom. The summed E-state index contributed by atoms with van der Waals surface area (Å²) in [6, 6.07) is 9.08. The second-order valence-corrected chi connectivity index (χ2v) is 6.92. The Labute approximate surface area is 136 Å². The molecule has 1 N–H and O–H groups in total.